The molecule has 0 atom stereocenters. The van der Waals surface area contributed by atoms with E-state index >= 15 is 0 Å². The maximum absolute atomic E-state index is 7.19. The molecule has 6 nitrogen and oxygen atoms in total. The van der Waals surface area contributed by atoms with Gasteiger partial charge >= 0.3 is 0 Å². The zero-order chi connectivity index (χ0) is 86.2. The highest BCUT2D eigenvalue weighted by atomic mass is 16.4. The van der Waals surface area contributed by atoms with E-state index in [9.17, 15) is 0 Å². The van der Waals surface area contributed by atoms with Gasteiger partial charge in [0.05, 0.1) is 10.8 Å². The Kier molecular flexibility index (Phi) is 15.2. The SMILES string of the molecule is c1ccc(C2(c3ccccc3)c3ccccc3-c3c2ccc2oc4c(-c5c6ccccc6c(-c6ccc7c(c6)oc6ccc8oc9ccccc9c8c67)c6ccccc56)cccc4c32)cc1.c1ccc(C2(c3ccccc3)c3ccccc3-c3c2ccc2oc4c(-c5c6ccccc6c(-c6ccc7oc8ccc9oc%10ccccc%10c9c8c7c6)c6ccccc56)cccc4c32)cc1. The van der Waals surface area contributed by atoms with E-state index in [0.717, 1.165) is 176 Å². The molecular formula is C126H72O6. The Morgan fingerprint density at radius 2 is 0.409 bits per heavy atom. The fourth-order valence-electron chi connectivity index (χ4n) is 24.0. The average Bonchev–Trinajstić information content (AvgIpc) is 1.52. The van der Waals surface area contributed by atoms with Gasteiger partial charge < -0.3 is 26.5 Å². The minimum absolute atomic E-state index is 0.503. The number of benzene rings is 22. The van der Waals surface area contributed by atoms with Gasteiger partial charge in [-0.25, -0.2) is 0 Å². The minimum atomic E-state index is -0.504. The van der Waals surface area contributed by atoms with Crippen LogP contribution in [0.2, 0.25) is 0 Å². The van der Waals surface area contributed by atoms with E-state index < -0.39 is 10.8 Å². The largest absolute Gasteiger partial charge is 0.456 e. The van der Waals surface area contributed by atoms with Crippen LogP contribution >= 0.6 is 0 Å². The number of hydrogen-bond acceptors (Lipinski definition) is 6. The number of rotatable bonds is 8. The van der Waals surface area contributed by atoms with Crippen LogP contribution in [0.15, 0.2) is 463 Å². The van der Waals surface area contributed by atoms with Crippen molar-refractivity contribution in [3.05, 3.63) is 481 Å². The molecule has 0 saturated carbocycles. The number of hydrogen-bond donors (Lipinski definition) is 0. The first-order valence-corrected chi connectivity index (χ1v) is 45.3. The molecule has 30 rings (SSSR count). The molecule has 0 N–H and O–H groups in total. The van der Waals surface area contributed by atoms with Gasteiger partial charge in [0.15, 0.2) is 0 Å². The third kappa shape index (κ3) is 9.90. The second kappa shape index (κ2) is 27.6. The highest BCUT2D eigenvalue weighted by Crippen LogP contribution is 2.63. The van der Waals surface area contributed by atoms with Crippen LogP contribution in [-0.4, -0.2) is 0 Å². The van der Waals surface area contributed by atoms with Crippen LogP contribution in [0.25, 0.3) is 241 Å². The molecule has 6 aromatic heterocycles. The third-order valence-electron chi connectivity index (χ3n) is 29.1. The first-order chi connectivity index (χ1) is 65.5. The summed E-state index contributed by atoms with van der Waals surface area (Å²) in [5, 5.41) is 22.6. The van der Waals surface area contributed by atoms with Crippen molar-refractivity contribution in [1.29, 1.82) is 0 Å². The van der Waals surface area contributed by atoms with E-state index in [2.05, 4.69) is 388 Å². The second-order valence-corrected chi connectivity index (χ2v) is 35.5. The smallest absolute Gasteiger partial charge is 0.143 e. The summed E-state index contributed by atoms with van der Waals surface area (Å²) >= 11 is 0. The first-order valence-electron chi connectivity index (χ1n) is 45.3. The Balaban J connectivity index is 0.000000129. The molecule has 6 heteroatoms. The average molecular weight is 1680 g/mol. The summed E-state index contributed by atoms with van der Waals surface area (Å²) in [5.74, 6) is 0. The summed E-state index contributed by atoms with van der Waals surface area (Å²) in [4.78, 5) is 0. The normalized spacial score (nSPS) is 13.3. The molecule has 22 aromatic carbocycles. The van der Waals surface area contributed by atoms with Gasteiger partial charge in [0, 0.05) is 86.9 Å². The molecule has 0 bridgehead atoms. The zero-order valence-corrected chi connectivity index (χ0v) is 71.0. The van der Waals surface area contributed by atoms with Crippen molar-refractivity contribution in [3.63, 3.8) is 0 Å². The molecule has 6 heterocycles. The van der Waals surface area contributed by atoms with Crippen LogP contribution in [0.5, 0.6) is 0 Å². The summed E-state index contributed by atoms with van der Waals surface area (Å²) in [6.45, 7) is 0. The summed E-state index contributed by atoms with van der Waals surface area (Å²) < 4.78 is 40.2. The Morgan fingerprint density at radius 1 is 0.136 bits per heavy atom. The van der Waals surface area contributed by atoms with Crippen molar-refractivity contribution in [2.24, 2.45) is 0 Å². The van der Waals surface area contributed by atoms with Gasteiger partial charge in [0.2, 0.25) is 0 Å². The summed E-state index contributed by atoms with van der Waals surface area (Å²) in [5.41, 5.74) is 33.5. The Morgan fingerprint density at radius 3 is 0.811 bits per heavy atom. The maximum Gasteiger partial charge on any atom is 0.143 e. The van der Waals surface area contributed by atoms with Crippen LogP contribution < -0.4 is 0 Å². The molecule has 0 amide bonds. The van der Waals surface area contributed by atoms with Crippen molar-refractivity contribution >= 4 is 175 Å². The van der Waals surface area contributed by atoms with E-state index in [1.54, 1.807) is 0 Å². The molecule has 612 valence electrons. The zero-order valence-electron chi connectivity index (χ0n) is 71.0. The molecule has 132 heavy (non-hydrogen) atoms. The lowest BCUT2D eigenvalue weighted by Crippen LogP contribution is -2.28. The predicted octanol–water partition coefficient (Wildman–Crippen LogP) is 34.8. The fraction of sp³-hybridized carbons (Fsp3) is 0.0159. The topological polar surface area (TPSA) is 78.8 Å². The number of furan rings is 6. The highest BCUT2D eigenvalue weighted by molar-refractivity contribution is 6.32. The first kappa shape index (κ1) is 72.8. The molecule has 0 spiro atoms. The van der Waals surface area contributed by atoms with Gasteiger partial charge in [0.25, 0.3) is 0 Å². The van der Waals surface area contributed by atoms with E-state index in [1.165, 1.54) is 110 Å². The van der Waals surface area contributed by atoms with Crippen molar-refractivity contribution in [3.8, 4) is 66.8 Å². The van der Waals surface area contributed by atoms with Gasteiger partial charge in [0.1, 0.15) is 67.0 Å². The van der Waals surface area contributed by atoms with Crippen LogP contribution in [-0.2, 0) is 10.8 Å². The Bertz CT molecular complexity index is 9600. The number of para-hydroxylation sites is 4. The summed E-state index contributed by atoms with van der Waals surface area (Å²) in [6, 6.07) is 158. The molecule has 2 aliphatic carbocycles. The lowest BCUT2D eigenvalue weighted by atomic mass is 9.67. The van der Waals surface area contributed by atoms with Crippen molar-refractivity contribution in [1.82, 2.24) is 0 Å². The van der Waals surface area contributed by atoms with Crippen LogP contribution in [0.1, 0.15) is 44.5 Å². The van der Waals surface area contributed by atoms with Gasteiger partial charge in [-0.15, -0.1) is 0 Å². The van der Waals surface area contributed by atoms with Crippen molar-refractivity contribution < 1.29 is 26.5 Å². The highest BCUT2D eigenvalue weighted by Gasteiger charge is 2.49. The fourth-order valence-corrected chi connectivity index (χ4v) is 24.0. The lowest BCUT2D eigenvalue weighted by Gasteiger charge is -2.33. The summed E-state index contributed by atoms with van der Waals surface area (Å²) in [7, 11) is 0. The van der Waals surface area contributed by atoms with Crippen LogP contribution in [0, 0.1) is 0 Å². The molecule has 0 radical (unpaired) electrons. The van der Waals surface area contributed by atoms with E-state index in [0.29, 0.717) is 0 Å². The maximum atomic E-state index is 7.19. The van der Waals surface area contributed by atoms with Crippen LogP contribution in [0.3, 0.4) is 0 Å². The Hall–Kier alpha value is -17.3. The third-order valence-corrected chi connectivity index (χ3v) is 29.1. The predicted molar refractivity (Wildman–Crippen MR) is 543 cm³/mol. The van der Waals surface area contributed by atoms with Gasteiger partial charge in [-0.1, -0.05) is 364 Å². The second-order valence-electron chi connectivity index (χ2n) is 35.5. The van der Waals surface area contributed by atoms with E-state index in [1.807, 2.05) is 48.5 Å². The van der Waals surface area contributed by atoms with Crippen molar-refractivity contribution in [2.75, 3.05) is 0 Å². The molecule has 0 fully saturated rings. The monoisotopic (exact) mass is 1680 g/mol. The van der Waals surface area contributed by atoms with Gasteiger partial charge in [-0.2, -0.15) is 0 Å². The molecule has 0 unspecified atom stereocenters. The quantitative estimate of drug-likeness (QED) is 0.141. The van der Waals surface area contributed by atoms with E-state index in [4.69, 9.17) is 26.5 Å². The Labute approximate surface area is 754 Å². The van der Waals surface area contributed by atoms with Gasteiger partial charge in [-0.3, -0.25) is 0 Å². The standard InChI is InChI=1S/2C63H36O3/c1-3-16-38(17-4-1)63(39-18-5-2-6-19-39)49-28-13-11-24-44(49)58-50(63)31-33-55-60(58)47-27-15-26-46(62(47)66-55)57-42-22-9-7-20-40(42)56(41-21-8-10-23-43(41)57)37-30-32-52-48(36-37)61-54(65-52)35-34-53-59(61)45-25-12-14-29-51(45)64-53;1-3-16-38(17-4-1)63(39-18-5-2-6-19-39)49-28-13-11-24-44(49)58-50(63)32-33-54-61(58)48-27-15-26-47(62(48)66-54)57-42-22-9-7-20-40(42)56(41-21-8-10-23-43(41)57)37-30-31-46-55(36-37)65-53-35-34-52-59(60(46)53)45-25-12-14-29-51(45)64-52/h2*1-36H. The van der Waals surface area contributed by atoms with E-state index in [-0.39, 0.29) is 0 Å². The number of fused-ring (bicyclic) bond motifs is 32. The molecule has 0 aliphatic heterocycles. The minimum Gasteiger partial charge on any atom is -0.456 e. The lowest BCUT2D eigenvalue weighted by molar-refractivity contribution is 0.663. The molecular weight excluding hydrogens is 1610 g/mol. The molecule has 0 saturated heterocycles. The van der Waals surface area contributed by atoms with Crippen molar-refractivity contribution in [2.45, 2.75) is 10.8 Å². The summed E-state index contributed by atoms with van der Waals surface area (Å²) in [6.07, 6.45) is 0. The molecule has 28 aromatic rings. The van der Waals surface area contributed by atoms with Crippen LogP contribution in [0.4, 0.5) is 0 Å². The van der Waals surface area contributed by atoms with Gasteiger partial charge in [-0.05, 0) is 205 Å². The molecule has 2 aliphatic rings.